The molecule has 0 aromatic heterocycles. The molecule has 0 saturated carbocycles. The highest BCUT2D eigenvalue weighted by molar-refractivity contribution is 9.10. The Kier molecular flexibility index (Phi) is 7.21. The van der Waals surface area contributed by atoms with Crippen molar-refractivity contribution in [1.29, 1.82) is 0 Å². The van der Waals surface area contributed by atoms with Crippen molar-refractivity contribution in [2.45, 2.75) is 25.1 Å². The lowest BCUT2D eigenvalue weighted by Gasteiger charge is -2.16. The summed E-state index contributed by atoms with van der Waals surface area (Å²) in [5.41, 5.74) is 5.48. The number of benzene rings is 1. The van der Waals surface area contributed by atoms with Crippen molar-refractivity contribution < 1.29 is 18.3 Å². The summed E-state index contributed by atoms with van der Waals surface area (Å²) in [5, 5.41) is 8.67. The molecular formula is C11H14BrClF3NO. The number of hydrogen-bond acceptors (Lipinski definition) is 2. The Hall–Kier alpha value is -0.300. The molecule has 3 N–H and O–H groups in total. The summed E-state index contributed by atoms with van der Waals surface area (Å²) in [4.78, 5) is 0. The minimum atomic E-state index is -4.37. The highest BCUT2D eigenvalue weighted by Crippen LogP contribution is 2.34. The number of aliphatic hydroxyl groups is 1. The molecule has 0 aliphatic heterocycles. The highest BCUT2D eigenvalue weighted by atomic mass is 79.9. The van der Waals surface area contributed by atoms with Gasteiger partial charge >= 0.3 is 6.18 Å². The molecule has 0 saturated heterocycles. The largest absolute Gasteiger partial charge is 0.416 e. The number of aliphatic hydroxyl groups excluding tert-OH is 1. The molecule has 0 aliphatic carbocycles. The van der Waals surface area contributed by atoms with Crippen molar-refractivity contribution in [3.63, 3.8) is 0 Å². The summed E-state index contributed by atoms with van der Waals surface area (Å²) < 4.78 is 38.1. The van der Waals surface area contributed by atoms with Gasteiger partial charge in [-0.05, 0) is 36.6 Å². The van der Waals surface area contributed by atoms with E-state index in [4.69, 9.17) is 10.8 Å². The monoisotopic (exact) mass is 347 g/mol. The van der Waals surface area contributed by atoms with Crippen LogP contribution in [0.25, 0.3) is 0 Å². The molecule has 0 heterocycles. The Balaban J connectivity index is 0.00000289. The molecular weight excluding hydrogens is 334 g/mol. The summed E-state index contributed by atoms with van der Waals surface area (Å²) in [6, 6.07) is 2.88. The number of hydrogen-bond donors (Lipinski definition) is 2. The summed E-state index contributed by atoms with van der Waals surface area (Å²) in [7, 11) is 0. The SMILES string of the molecule is Cl.N[C@@H](CCCO)c1cc(C(F)(F)F)ccc1Br. The number of halogens is 5. The first-order valence-electron chi connectivity index (χ1n) is 5.09. The molecule has 1 aromatic rings. The van der Waals surface area contributed by atoms with Gasteiger partial charge in [0.15, 0.2) is 0 Å². The molecule has 18 heavy (non-hydrogen) atoms. The Labute approximate surface area is 118 Å². The first-order chi connectivity index (χ1) is 7.86. The van der Waals surface area contributed by atoms with Gasteiger partial charge in [0.25, 0.3) is 0 Å². The molecule has 104 valence electrons. The van der Waals surface area contributed by atoms with Crippen molar-refractivity contribution in [3.8, 4) is 0 Å². The zero-order valence-electron chi connectivity index (χ0n) is 9.38. The number of nitrogens with two attached hydrogens (primary N) is 1. The molecule has 2 nitrogen and oxygen atoms in total. The van der Waals surface area contributed by atoms with Crippen LogP contribution in [0.3, 0.4) is 0 Å². The van der Waals surface area contributed by atoms with E-state index in [-0.39, 0.29) is 19.0 Å². The molecule has 0 bridgehead atoms. The van der Waals surface area contributed by atoms with Gasteiger partial charge in [0.2, 0.25) is 0 Å². The number of rotatable bonds is 4. The second kappa shape index (κ2) is 7.33. The van der Waals surface area contributed by atoms with Gasteiger partial charge in [0, 0.05) is 17.1 Å². The average Bonchev–Trinajstić information content (AvgIpc) is 2.24. The van der Waals surface area contributed by atoms with E-state index in [0.29, 0.717) is 22.9 Å². The predicted octanol–water partition coefficient (Wildman–Crippen LogP) is 3.66. The van der Waals surface area contributed by atoms with Crippen LogP contribution in [0.5, 0.6) is 0 Å². The van der Waals surface area contributed by atoms with Crippen LogP contribution in [0.15, 0.2) is 22.7 Å². The van der Waals surface area contributed by atoms with Crippen LogP contribution >= 0.6 is 28.3 Å². The summed E-state index contributed by atoms with van der Waals surface area (Å²) in [6.45, 7) is -0.0235. The smallest absolute Gasteiger partial charge is 0.396 e. The molecule has 0 radical (unpaired) electrons. The third-order valence-corrected chi connectivity index (χ3v) is 3.12. The van der Waals surface area contributed by atoms with Gasteiger partial charge in [-0.2, -0.15) is 13.2 Å². The molecule has 7 heteroatoms. The second-order valence-electron chi connectivity index (χ2n) is 3.71. The van der Waals surface area contributed by atoms with E-state index in [1.165, 1.54) is 6.07 Å². The summed E-state index contributed by atoms with van der Waals surface area (Å²) in [6.07, 6.45) is -3.47. The number of alkyl halides is 3. The van der Waals surface area contributed by atoms with E-state index in [2.05, 4.69) is 15.9 Å². The lowest BCUT2D eigenvalue weighted by atomic mass is 10.0. The topological polar surface area (TPSA) is 46.2 Å². The van der Waals surface area contributed by atoms with Gasteiger partial charge in [-0.1, -0.05) is 15.9 Å². The van der Waals surface area contributed by atoms with E-state index in [1.807, 2.05) is 0 Å². The first kappa shape index (κ1) is 17.7. The van der Waals surface area contributed by atoms with Crippen LogP contribution in [0.1, 0.15) is 30.0 Å². The van der Waals surface area contributed by atoms with E-state index >= 15 is 0 Å². The zero-order chi connectivity index (χ0) is 13.1. The predicted molar refractivity (Wildman–Crippen MR) is 69.6 cm³/mol. The first-order valence-corrected chi connectivity index (χ1v) is 5.88. The molecule has 0 fully saturated rings. The Morgan fingerprint density at radius 1 is 1.33 bits per heavy atom. The minimum absolute atomic E-state index is 0. The van der Waals surface area contributed by atoms with Gasteiger partial charge in [0.05, 0.1) is 5.56 Å². The third-order valence-electron chi connectivity index (χ3n) is 2.40. The maximum atomic E-state index is 12.5. The standard InChI is InChI=1S/C11H13BrF3NO.ClH/c12-9-4-3-7(11(13,14)15)6-8(9)10(16)2-1-5-17;/h3-4,6,10,17H,1-2,5,16H2;1H/t10-;/m0./s1. The maximum absolute atomic E-state index is 12.5. The van der Waals surface area contributed by atoms with Crippen LogP contribution in [-0.4, -0.2) is 11.7 Å². The average molecular weight is 349 g/mol. The fourth-order valence-electron chi connectivity index (χ4n) is 1.47. The molecule has 1 aromatic carbocycles. The van der Waals surface area contributed by atoms with Crippen LogP contribution in [0, 0.1) is 0 Å². The molecule has 0 unspecified atom stereocenters. The third kappa shape index (κ3) is 4.76. The molecule has 0 spiro atoms. The fourth-order valence-corrected chi connectivity index (χ4v) is 2.01. The van der Waals surface area contributed by atoms with Crippen molar-refractivity contribution in [3.05, 3.63) is 33.8 Å². The van der Waals surface area contributed by atoms with E-state index in [1.54, 1.807) is 0 Å². The maximum Gasteiger partial charge on any atom is 0.416 e. The van der Waals surface area contributed by atoms with Crippen molar-refractivity contribution in [2.24, 2.45) is 5.73 Å². The quantitative estimate of drug-likeness (QED) is 0.872. The van der Waals surface area contributed by atoms with E-state index < -0.39 is 17.8 Å². The van der Waals surface area contributed by atoms with Crippen molar-refractivity contribution in [1.82, 2.24) is 0 Å². The Morgan fingerprint density at radius 3 is 2.44 bits per heavy atom. The van der Waals surface area contributed by atoms with Crippen LogP contribution < -0.4 is 5.73 Å². The Bertz CT molecular complexity index is 387. The van der Waals surface area contributed by atoms with Crippen LogP contribution in [-0.2, 0) is 6.18 Å². The van der Waals surface area contributed by atoms with Crippen molar-refractivity contribution >= 4 is 28.3 Å². The van der Waals surface area contributed by atoms with Crippen LogP contribution in [0.4, 0.5) is 13.2 Å². The van der Waals surface area contributed by atoms with Gasteiger partial charge in [-0.25, -0.2) is 0 Å². The Morgan fingerprint density at radius 2 is 1.94 bits per heavy atom. The van der Waals surface area contributed by atoms with E-state index in [0.717, 1.165) is 12.1 Å². The van der Waals surface area contributed by atoms with E-state index in [9.17, 15) is 13.2 Å². The fraction of sp³-hybridized carbons (Fsp3) is 0.455. The minimum Gasteiger partial charge on any atom is -0.396 e. The lowest BCUT2D eigenvalue weighted by Crippen LogP contribution is -2.13. The second-order valence-corrected chi connectivity index (χ2v) is 4.56. The van der Waals surface area contributed by atoms with Crippen molar-refractivity contribution in [2.75, 3.05) is 6.61 Å². The molecule has 0 amide bonds. The summed E-state index contributed by atoms with van der Waals surface area (Å²) >= 11 is 3.18. The van der Waals surface area contributed by atoms with Gasteiger partial charge in [-0.15, -0.1) is 12.4 Å². The van der Waals surface area contributed by atoms with Gasteiger partial charge < -0.3 is 10.8 Å². The molecule has 0 aliphatic rings. The van der Waals surface area contributed by atoms with Gasteiger partial charge in [-0.3, -0.25) is 0 Å². The van der Waals surface area contributed by atoms with Gasteiger partial charge in [0.1, 0.15) is 0 Å². The lowest BCUT2D eigenvalue weighted by molar-refractivity contribution is -0.137. The highest BCUT2D eigenvalue weighted by Gasteiger charge is 2.31. The normalized spacial score (nSPS) is 13.0. The van der Waals surface area contributed by atoms with Crippen LogP contribution in [0.2, 0.25) is 0 Å². The molecule has 1 atom stereocenters. The summed E-state index contributed by atoms with van der Waals surface area (Å²) in [5.74, 6) is 0. The zero-order valence-corrected chi connectivity index (χ0v) is 11.8. The molecule has 1 rings (SSSR count).